The average Bonchev–Trinajstić information content (AvgIpc) is 2.20. The largest absolute Gasteiger partial charge is 0.306 e. The van der Waals surface area contributed by atoms with Gasteiger partial charge in [-0.15, -0.1) is 0 Å². The molecule has 0 aliphatic carbocycles. The van der Waals surface area contributed by atoms with Gasteiger partial charge in [-0.2, -0.15) is 0 Å². The molecule has 2 heteroatoms. The molecule has 1 aliphatic heterocycles. The maximum absolute atomic E-state index is 10.3. The second-order valence-corrected chi connectivity index (χ2v) is 2.28. The lowest BCUT2D eigenvalue weighted by molar-refractivity contribution is 0.418. The Kier molecular flexibility index (Phi) is 5.94. The summed E-state index contributed by atoms with van der Waals surface area (Å²) in [6.07, 6.45) is 2.83. The van der Waals surface area contributed by atoms with Crippen molar-refractivity contribution in [3.63, 3.8) is 0 Å². The number of hydrogen-bond donors (Lipinski definition) is 0. The Morgan fingerprint density at radius 2 is 1.67 bits per heavy atom. The van der Waals surface area contributed by atoms with Crippen LogP contribution in [0.25, 0.3) is 0 Å². The molecule has 1 rings (SSSR count). The van der Waals surface area contributed by atoms with Crippen LogP contribution in [0.2, 0.25) is 0 Å². The van der Waals surface area contributed by atoms with E-state index in [0.717, 1.165) is 0 Å². The van der Waals surface area contributed by atoms with Crippen LogP contribution >= 0.6 is 0 Å². The van der Waals surface area contributed by atoms with E-state index in [-0.39, 0.29) is 6.67 Å². The zero-order valence-corrected chi connectivity index (χ0v) is 6.36. The summed E-state index contributed by atoms with van der Waals surface area (Å²) in [7, 11) is 2.17. The van der Waals surface area contributed by atoms with Crippen molar-refractivity contribution in [2.24, 2.45) is 0 Å². The van der Waals surface area contributed by atoms with Gasteiger partial charge in [0.1, 0.15) is 0 Å². The minimum absolute atomic E-state index is 0.250. The molecule has 0 saturated carbocycles. The molecule has 0 unspecified atom stereocenters. The van der Waals surface area contributed by atoms with Crippen molar-refractivity contribution in [3.05, 3.63) is 0 Å². The van der Waals surface area contributed by atoms with E-state index in [4.69, 9.17) is 0 Å². The summed E-state index contributed by atoms with van der Waals surface area (Å²) in [5, 5.41) is 0. The van der Waals surface area contributed by atoms with Gasteiger partial charge in [0.25, 0.3) is 0 Å². The Morgan fingerprint density at radius 3 is 1.78 bits per heavy atom. The topological polar surface area (TPSA) is 3.24 Å². The van der Waals surface area contributed by atoms with Gasteiger partial charge in [0, 0.05) is 0 Å². The molecular weight excluding hydrogens is 117 g/mol. The highest BCUT2D eigenvalue weighted by Gasteiger charge is 2.03. The smallest absolute Gasteiger partial charge is 0.0866 e. The molecule has 0 radical (unpaired) electrons. The number of rotatable bonds is 0. The lowest BCUT2D eigenvalue weighted by Gasteiger charge is -2.01. The maximum atomic E-state index is 10.3. The van der Waals surface area contributed by atoms with E-state index in [1.165, 1.54) is 32.9 Å². The van der Waals surface area contributed by atoms with Gasteiger partial charge in [0.15, 0.2) is 0 Å². The Bertz CT molecular complexity index is 50.9. The van der Waals surface area contributed by atoms with Gasteiger partial charge in [0.05, 0.1) is 6.67 Å². The maximum Gasteiger partial charge on any atom is 0.0866 e. The monoisotopic (exact) mass is 133 g/mol. The van der Waals surface area contributed by atoms with Gasteiger partial charge in [-0.05, 0) is 39.9 Å². The summed E-state index contributed by atoms with van der Waals surface area (Å²) in [4.78, 5) is 2.36. The SMILES string of the molecule is CCF.CN1CCCC1. The van der Waals surface area contributed by atoms with Crippen molar-refractivity contribution in [1.82, 2.24) is 4.90 Å². The van der Waals surface area contributed by atoms with Crippen LogP contribution in [-0.2, 0) is 0 Å². The third-order valence-electron chi connectivity index (χ3n) is 1.33. The van der Waals surface area contributed by atoms with Gasteiger partial charge in [-0.3, -0.25) is 4.39 Å². The van der Waals surface area contributed by atoms with Crippen molar-refractivity contribution < 1.29 is 4.39 Å². The zero-order valence-electron chi connectivity index (χ0n) is 6.36. The van der Waals surface area contributed by atoms with E-state index in [1.54, 1.807) is 0 Å². The van der Waals surface area contributed by atoms with E-state index < -0.39 is 0 Å². The standard InChI is InChI=1S/C5H11N.C2H5F/c1-6-4-2-3-5-6;1-2-3/h2-5H2,1H3;2H2,1H3. The van der Waals surface area contributed by atoms with E-state index in [0.29, 0.717) is 0 Å². The van der Waals surface area contributed by atoms with Gasteiger partial charge < -0.3 is 4.90 Å². The number of alkyl halides is 1. The van der Waals surface area contributed by atoms with Gasteiger partial charge in [-0.25, -0.2) is 0 Å². The van der Waals surface area contributed by atoms with Crippen LogP contribution in [0.15, 0.2) is 0 Å². The first-order valence-corrected chi connectivity index (χ1v) is 3.55. The molecule has 0 bridgehead atoms. The molecule has 9 heavy (non-hydrogen) atoms. The molecule has 1 heterocycles. The van der Waals surface area contributed by atoms with Crippen molar-refractivity contribution >= 4 is 0 Å². The molecule has 1 saturated heterocycles. The van der Waals surface area contributed by atoms with Gasteiger partial charge in [-0.1, -0.05) is 0 Å². The summed E-state index contributed by atoms with van der Waals surface area (Å²) in [6, 6.07) is 0. The second kappa shape index (κ2) is 6.02. The van der Waals surface area contributed by atoms with Crippen molar-refractivity contribution in [3.8, 4) is 0 Å². The quantitative estimate of drug-likeness (QED) is 0.486. The molecule has 1 nitrogen and oxygen atoms in total. The molecule has 0 N–H and O–H groups in total. The lowest BCUT2D eigenvalue weighted by atomic mass is 10.4. The van der Waals surface area contributed by atoms with Crippen LogP contribution in [0.5, 0.6) is 0 Å². The Hall–Kier alpha value is -0.110. The van der Waals surface area contributed by atoms with Crippen LogP contribution < -0.4 is 0 Å². The van der Waals surface area contributed by atoms with E-state index >= 15 is 0 Å². The summed E-state index contributed by atoms with van der Waals surface area (Å²) < 4.78 is 10.3. The lowest BCUT2D eigenvalue weighted by Crippen LogP contribution is -2.10. The number of halogens is 1. The van der Waals surface area contributed by atoms with Crippen molar-refractivity contribution in [2.75, 3.05) is 26.8 Å². The fourth-order valence-corrected chi connectivity index (χ4v) is 0.875. The molecule has 0 spiro atoms. The minimum atomic E-state index is -0.250. The zero-order chi connectivity index (χ0) is 7.11. The average molecular weight is 133 g/mol. The Labute approximate surface area is 56.9 Å². The first-order valence-electron chi connectivity index (χ1n) is 3.55. The molecular formula is C7H16FN. The molecule has 0 aromatic rings. The predicted molar refractivity (Wildman–Crippen MR) is 38.4 cm³/mol. The van der Waals surface area contributed by atoms with Gasteiger partial charge in [0.2, 0.25) is 0 Å². The highest BCUT2D eigenvalue weighted by molar-refractivity contribution is 4.59. The normalized spacial score (nSPS) is 19.0. The summed E-state index contributed by atoms with van der Waals surface area (Å²) in [5.41, 5.74) is 0. The number of hydrogen-bond acceptors (Lipinski definition) is 1. The first-order chi connectivity index (χ1) is 4.31. The van der Waals surface area contributed by atoms with Crippen LogP contribution in [0, 0.1) is 0 Å². The molecule has 1 aliphatic rings. The summed E-state index contributed by atoms with van der Waals surface area (Å²) in [5.74, 6) is 0. The first kappa shape index (κ1) is 8.89. The van der Waals surface area contributed by atoms with Crippen LogP contribution in [0.3, 0.4) is 0 Å². The number of nitrogens with zero attached hydrogens (tertiary/aromatic N) is 1. The third-order valence-corrected chi connectivity index (χ3v) is 1.33. The fraction of sp³-hybridized carbons (Fsp3) is 1.00. The third kappa shape index (κ3) is 5.77. The van der Waals surface area contributed by atoms with Crippen LogP contribution in [-0.4, -0.2) is 31.7 Å². The highest BCUT2D eigenvalue weighted by Crippen LogP contribution is 2.01. The summed E-state index contributed by atoms with van der Waals surface area (Å²) in [6.45, 7) is 3.85. The van der Waals surface area contributed by atoms with E-state index in [9.17, 15) is 4.39 Å². The Morgan fingerprint density at radius 1 is 1.33 bits per heavy atom. The number of likely N-dealkylation sites (tertiary alicyclic amines) is 1. The van der Waals surface area contributed by atoms with Crippen LogP contribution in [0.4, 0.5) is 4.39 Å². The molecule has 0 aromatic heterocycles. The fourth-order valence-electron chi connectivity index (χ4n) is 0.875. The van der Waals surface area contributed by atoms with Crippen molar-refractivity contribution in [2.45, 2.75) is 19.8 Å². The molecule has 56 valence electrons. The molecule has 1 fully saturated rings. The summed E-state index contributed by atoms with van der Waals surface area (Å²) >= 11 is 0. The molecule has 0 aromatic carbocycles. The van der Waals surface area contributed by atoms with E-state index in [1.807, 2.05) is 0 Å². The Balaban J connectivity index is 0.000000187. The van der Waals surface area contributed by atoms with Crippen LogP contribution in [0.1, 0.15) is 19.8 Å². The predicted octanol–water partition coefficient (Wildman–Crippen LogP) is 1.69. The molecule has 0 atom stereocenters. The highest BCUT2D eigenvalue weighted by atomic mass is 19.1. The van der Waals surface area contributed by atoms with Gasteiger partial charge >= 0.3 is 0 Å². The minimum Gasteiger partial charge on any atom is -0.306 e. The molecule has 0 amide bonds. The van der Waals surface area contributed by atoms with E-state index in [2.05, 4.69) is 11.9 Å². The second-order valence-electron chi connectivity index (χ2n) is 2.28. The van der Waals surface area contributed by atoms with Crippen molar-refractivity contribution in [1.29, 1.82) is 0 Å².